The van der Waals surface area contributed by atoms with Crippen LogP contribution in [-0.4, -0.2) is 24.5 Å². The summed E-state index contributed by atoms with van der Waals surface area (Å²) in [5.74, 6) is 0.221. The molecule has 5 heteroatoms. The first-order valence-corrected chi connectivity index (χ1v) is 11.7. The molecule has 1 saturated carbocycles. The highest BCUT2D eigenvalue weighted by molar-refractivity contribution is 6.09. The average molecular weight is 443 g/mol. The lowest BCUT2D eigenvalue weighted by molar-refractivity contribution is 0.0928. The van der Waals surface area contributed by atoms with Crippen molar-refractivity contribution in [3.8, 4) is 5.75 Å². The zero-order valence-corrected chi connectivity index (χ0v) is 18.8. The van der Waals surface area contributed by atoms with E-state index >= 15 is 0 Å². The van der Waals surface area contributed by atoms with E-state index in [1.807, 2.05) is 36.4 Å². The van der Waals surface area contributed by atoms with E-state index in [-0.39, 0.29) is 17.9 Å². The van der Waals surface area contributed by atoms with Crippen molar-refractivity contribution in [1.82, 2.24) is 5.32 Å². The number of hydrogen-bond acceptors (Lipinski definition) is 3. The van der Waals surface area contributed by atoms with Crippen molar-refractivity contribution in [2.24, 2.45) is 0 Å². The number of benzene rings is 3. The van der Waals surface area contributed by atoms with Crippen LogP contribution in [0.25, 0.3) is 0 Å². The second kappa shape index (κ2) is 11.3. The van der Waals surface area contributed by atoms with Gasteiger partial charge in [-0.3, -0.25) is 9.59 Å². The summed E-state index contributed by atoms with van der Waals surface area (Å²) in [6.45, 7) is 0.527. The summed E-state index contributed by atoms with van der Waals surface area (Å²) < 4.78 is 5.85. The molecule has 0 unspecified atom stereocenters. The highest BCUT2D eigenvalue weighted by Crippen LogP contribution is 2.21. The molecule has 2 amide bonds. The Labute approximate surface area is 195 Å². The number of hydrogen-bond donors (Lipinski definition) is 2. The molecule has 0 atom stereocenters. The van der Waals surface area contributed by atoms with Crippen LogP contribution < -0.4 is 15.4 Å². The van der Waals surface area contributed by atoms with E-state index in [0.29, 0.717) is 29.2 Å². The van der Waals surface area contributed by atoms with Gasteiger partial charge in [0, 0.05) is 18.0 Å². The molecule has 0 aromatic heterocycles. The van der Waals surface area contributed by atoms with Crippen LogP contribution >= 0.6 is 0 Å². The van der Waals surface area contributed by atoms with Gasteiger partial charge in [-0.2, -0.15) is 0 Å². The minimum atomic E-state index is -0.276. The quantitative estimate of drug-likeness (QED) is 0.476. The van der Waals surface area contributed by atoms with Crippen molar-refractivity contribution in [2.75, 3.05) is 11.9 Å². The van der Waals surface area contributed by atoms with Crippen molar-refractivity contribution >= 4 is 17.5 Å². The standard InChI is InChI=1S/C28H30N2O3/c31-27(22-12-9-15-24(20-22)33-19-18-21-10-3-1-4-11-21)30-26-17-8-7-16-25(26)28(32)29-23-13-5-2-6-14-23/h1,3-4,7-12,15-17,20,23H,2,5-6,13-14,18-19H2,(H,29,32)(H,30,31). The Kier molecular flexibility index (Phi) is 7.75. The Balaban J connectivity index is 1.38. The van der Waals surface area contributed by atoms with Crippen LogP contribution in [0.15, 0.2) is 78.9 Å². The van der Waals surface area contributed by atoms with E-state index in [9.17, 15) is 9.59 Å². The first kappa shape index (κ1) is 22.6. The molecule has 5 nitrogen and oxygen atoms in total. The molecular formula is C28H30N2O3. The van der Waals surface area contributed by atoms with Gasteiger partial charge in [0.05, 0.1) is 17.9 Å². The fourth-order valence-corrected chi connectivity index (χ4v) is 4.15. The zero-order chi connectivity index (χ0) is 22.9. The molecule has 1 fully saturated rings. The molecule has 0 bridgehead atoms. The minimum absolute atomic E-state index is 0.143. The van der Waals surface area contributed by atoms with Gasteiger partial charge in [-0.25, -0.2) is 0 Å². The first-order valence-electron chi connectivity index (χ1n) is 11.7. The smallest absolute Gasteiger partial charge is 0.255 e. The zero-order valence-electron chi connectivity index (χ0n) is 18.8. The predicted molar refractivity (Wildman–Crippen MR) is 131 cm³/mol. The fourth-order valence-electron chi connectivity index (χ4n) is 4.15. The number of carbonyl (C=O) groups is 2. The van der Waals surface area contributed by atoms with Crippen LogP contribution in [0.1, 0.15) is 58.4 Å². The SMILES string of the molecule is O=C(Nc1ccccc1C(=O)NC1CCCCC1)c1cccc(OCCc2ccccc2)c1. The molecule has 0 aliphatic heterocycles. The molecular weight excluding hydrogens is 412 g/mol. The number of nitrogens with one attached hydrogen (secondary N) is 2. The Morgan fingerprint density at radius 1 is 0.818 bits per heavy atom. The first-order chi connectivity index (χ1) is 16.2. The van der Waals surface area contributed by atoms with Crippen LogP contribution in [0.3, 0.4) is 0 Å². The third kappa shape index (κ3) is 6.45. The van der Waals surface area contributed by atoms with E-state index < -0.39 is 0 Å². The number of para-hydroxylation sites is 1. The van der Waals surface area contributed by atoms with E-state index in [4.69, 9.17) is 4.74 Å². The summed E-state index contributed by atoms with van der Waals surface area (Å²) >= 11 is 0. The van der Waals surface area contributed by atoms with Gasteiger partial charge >= 0.3 is 0 Å². The van der Waals surface area contributed by atoms with Gasteiger partial charge in [-0.15, -0.1) is 0 Å². The van der Waals surface area contributed by atoms with Gasteiger partial charge in [-0.05, 0) is 48.7 Å². The number of rotatable bonds is 8. The monoisotopic (exact) mass is 442 g/mol. The topological polar surface area (TPSA) is 67.4 Å². The maximum Gasteiger partial charge on any atom is 0.255 e. The third-order valence-electron chi connectivity index (χ3n) is 5.96. The second-order valence-corrected chi connectivity index (χ2v) is 8.42. The van der Waals surface area contributed by atoms with Gasteiger partial charge in [0.25, 0.3) is 11.8 Å². The molecule has 2 N–H and O–H groups in total. The molecule has 0 saturated heterocycles. The lowest BCUT2D eigenvalue weighted by Crippen LogP contribution is -2.36. The molecule has 170 valence electrons. The lowest BCUT2D eigenvalue weighted by Gasteiger charge is -2.23. The van der Waals surface area contributed by atoms with Crippen molar-refractivity contribution in [2.45, 2.75) is 44.6 Å². The molecule has 1 aliphatic carbocycles. The van der Waals surface area contributed by atoms with Gasteiger partial charge in [0.2, 0.25) is 0 Å². The Morgan fingerprint density at radius 3 is 2.39 bits per heavy atom. The molecule has 33 heavy (non-hydrogen) atoms. The molecule has 0 heterocycles. The largest absolute Gasteiger partial charge is 0.493 e. The van der Waals surface area contributed by atoms with Crippen LogP contribution in [0.2, 0.25) is 0 Å². The average Bonchev–Trinajstić information content (AvgIpc) is 2.86. The maximum atomic E-state index is 12.9. The minimum Gasteiger partial charge on any atom is -0.493 e. The Hall–Kier alpha value is -3.60. The van der Waals surface area contributed by atoms with Crippen LogP contribution in [0, 0.1) is 0 Å². The van der Waals surface area contributed by atoms with Gasteiger partial charge in [0.15, 0.2) is 0 Å². The highest BCUT2D eigenvalue weighted by atomic mass is 16.5. The van der Waals surface area contributed by atoms with Crippen molar-refractivity contribution in [1.29, 1.82) is 0 Å². The fraction of sp³-hybridized carbons (Fsp3) is 0.286. The van der Waals surface area contributed by atoms with Crippen molar-refractivity contribution in [3.63, 3.8) is 0 Å². The lowest BCUT2D eigenvalue weighted by atomic mass is 9.95. The highest BCUT2D eigenvalue weighted by Gasteiger charge is 2.19. The summed E-state index contributed by atoms with van der Waals surface area (Å²) in [4.78, 5) is 25.8. The van der Waals surface area contributed by atoms with Crippen LogP contribution in [-0.2, 0) is 6.42 Å². The molecule has 0 radical (unpaired) electrons. The summed E-state index contributed by atoms with van der Waals surface area (Å²) in [5, 5.41) is 6.02. The summed E-state index contributed by atoms with van der Waals surface area (Å²) in [6, 6.07) is 24.6. The number of ether oxygens (including phenoxy) is 1. The maximum absolute atomic E-state index is 12.9. The normalized spacial score (nSPS) is 13.8. The number of carbonyl (C=O) groups excluding carboxylic acids is 2. The predicted octanol–water partition coefficient (Wildman–Crippen LogP) is 5.62. The molecule has 0 spiro atoms. The van der Waals surface area contributed by atoms with E-state index in [2.05, 4.69) is 22.8 Å². The van der Waals surface area contributed by atoms with E-state index in [1.54, 1.807) is 30.3 Å². The molecule has 4 rings (SSSR count). The van der Waals surface area contributed by atoms with E-state index in [1.165, 1.54) is 12.0 Å². The molecule has 1 aliphatic rings. The molecule has 3 aromatic rings. The Morgan fingerprint density at radius 2 is 1.58 bits per heavy atom. The van der Waals surface area contributed by atoms with E-state index in [0.717, 1.165) is 32.1 Å². The van der Waals surface area contributed by atoms with Gasteiger partial charge in [0.1, 0.15) is 5.75 Å². The summed E-state index contributed by atoms with van der Waals surface area (Å²) in [5.41, 5.74) is 2.67. The number of amides is 2. The van der Waals surface area contributed by atoms with Crippen LogP contribution in [0.4, 0.5) is 5.69 Å². The summed E-state index contributed by atoms with van der Waals surface area (Å²) in [7, 11) is 0. The second-order valence-electron chi connectivity index (χ2n) is 8.42. The third-order valence-corrected chi connectivity index (χ3v) is 5.96. The number of anilines is 1. The summed E-state index contributed by atoms with van der Waals surface area (Å²) in [6.07, 6.45) is 6.34. The van der Waals surface area contributed by atoms with Gasteiger partial charge in [-0.1, -0.05) is 67.8 Å². The van der Waals surface area contributed by atoms with Crippen molar-refractivity contribution < 1.29 is 14.3 Å². The van der Waals surface area contributed by atoms with Gasteiger partial charge < -0.3 is 15.4 Å². The van der Waals surface area contributed by atoms with Crippen molar-refractivity contribution in [3.05, 3.63) is 95.6 Å². The van der Waals surface area contributed by atoms with Crippen LogP contribution in [0.5, 0.6) is 5.75 Å². The molecule has 3 aromatic carbocycles. The Bertz CT molecular complexity index is 1080.